The number of rotatable bonds is 4. The molecule has 0 saturated heterocycles. The zero-order valence-electron chi connectivity index (χ0n) is 12.2. The van der Waals surface area contributed by atoms with E-state index >= 15 is 0 Å². The Bertz CT molecular complexity index is 467. The van der Waals surface area contributed by atoms with Crippen molar-refractivity contribution in [1.29, 1.82) is 0 Å². The van der Waals surface area contributed by atoms with Crippen LogP contribution in [-0.4, -0.2) is 18.5 Å². The molecule has 20 heavy (non-hydrogen) atoms. The second-order valence-electron chi connectivity index (χ2n) is 6.34. The second-order valence-corrected chi connectivity index (χ2v) is 6.34. The summed E-state index contributed by atoms with van der Waals surface area (Å²) in [7, 11) is 0. The first-order chi connectivity index (χ1) is 9.72. The minimum atomic E-state index is -0.0947. The van der Waals surface area contributed by atoms with Crippen molar-refractivity contribution < 1.29 is 4.79 Å². The first-order valence-electron chi connectivity index (χ1n) is 7.85. The average Bonchev–Trinajstić information content (AvgIpc) is 3.12. The summed E-state index contributed by atoms with van der Waals surface area (Å²) in [6.45, 7) is 3.10. The number of carbonyl (C=O) groups is 1. The molecule has 0 unspecified atom stereocenters. The fourth-order valence-electron chi connectivity index (χ4n) is 3.63. The van der Waals surface area contributed by atoms with E-state index in [0.717, 1.165) is 18.7 Å². The van der Waals surface area contributed by atoms with Crippen LogP contribution in [0.3, 0.4) is 0 Å². The van der Waals surface area contributed by atoms with E-state index in [4.69, 9.17) is 0 Å². The van der Waals surface area contributed by atoms with Crippen molar-refractivity contribution in [3.8, 4) is 0 Å². The quantitative estimate of drug-likeness (QED) is 0.884. The molecule has 2 aliphatic rings. The number of nitrogens with one attached hydrogen (secondary N) is 2. The Morgan fingerprint density at radius 1 is 1.35 bits per heavy atom. The molecule has 0 bridgehead atoms. The Morgan fingerprint density at radius 2 is 2.10 bits per heavy atom. The van der Waals surface area contributed by atoms with Gasteiger partial charge >= 0.3 is 0 Å². The highest BCUT2D eigenvalue weighted by atomic mass is 16.2. The van der Waals surface area contributed by atoms with Gasteiger partial charge in [-0.05, 0) is 36.3 Å². The van der Waals surface area contributed by atoms with Crippen LogP contribution in [0.4, 0.5) is 5.69 Å². The predicted octanol–water partition coefficient (Wildman–Crippen LogP) is 3.11. The van der Waals surface area contributed by atoms with Gasteiger partial charge in [0.1, 0.15) is 6.04 Å². The number of benzene rings is 1. The molecule has 1 amide bonds. The zero-order valence-corrected chi connectivity index (χ0v) is 12.2. The van der Waals surface area contributed by atoms with Crippen LogP contribution in [0.15, 0.2) is 24.3 Å². The van der Waals surface area contributed by atoms with Crippen LogP contribution in [0.1, 0.15) is 44.6 Å². The highest BCUT2D eigenvalue weighted by molar-refractivity contribution is 5.87. The van der Waals surface area contributed by atoms with Gasteiger partial charge in [-0.2, -0.15) is 0 Å². The minimum Gasteiger partial charge on any atom is -0.373 e. The van der Waals surface area contributed by atoms with Gasteiger partial charge in [0.2, 0.25) is 5.91 Å². The number of anilines is 1. The zero-order chi connectivity index (χ0) is 14.0. The average molecular weight is 272 g/mol. The lowest BCUT2D eigenvalue weighted by Gasteiger charge is -2.28. The lowest BCUT2D eigenvalue weighted by atomic mass is 9.83. The summed E-state index contributed by atoms with van der Waals surface area (Å²) in [5, 5.41) is 6.52. The summed E-state index contributed by atoms with van der Waals surface area (Å²) in [5.74, 6) is 0.154. The monoisotopic (exact) mass is 272 g/mol. The van der Waals surface area contributed by atoms with Crippen LogP contribution in [0.25, 0.3) is 0 Å². The summed E-state index contributed by atoms with van der Waals surface area (Å²) in [6.07, 6.45) is 7.14. The molecule has 2 N–H and O–H groups in total. The molecular weight excluding hydrogens is 248 g/mol. The maximum absolute atomic E-state index is 12.4. The van der Waals surface area contributed by atoms with E-state index in [1.165, 1.54) is 37.7 Å². The van der Waals surface area contributed by atoms with Gasteiger partial charge in [-0.25, -0.2) is 0 Å². The third-order valence-electron chi connectivity index (χ3n) is 5.14. The largest absolute Gasteiger partial charge is 0.373 e. The highest BCUT2D eigenvalue weighted by Gasteiger charge is 2.33. The molecule has 1 aromatic carbocycles. The summed E-state index contributed by atoms with van der Waals surface area (Å²) in [4.78, 5) is 12.4. The highest BCUT2D eigenvalue weighted by Crippen LogP contribution is 2.40. The van der Waals surface area contributed by atoms with Crippen LogP contribution in [-0.2, 0) is 11.2 Å². The standard InChI is InChI=1S/C17H24N2O/c1-2-17(9-5-6-10-17)12-18-16(20)15-11-13-7-3-4-8-14(13)19-15/h3-4,7-8,15,19H,2,5-6,9-12H2,1H3,(H,18,20)/t15-/m0/s1. The molecule has 1 saturated carbocycles. The number of amides is 1. The molecule has 1 atom stereocenters. The van der Waals surface area contributed by atoms with Crippen LogP contribution in [0.2, 0.25) is 0 Å². The molecule has 3 nitrogen and oxygen atoms in total. The van der Waals surface area contributed by atoms with Crippen molar-refractivity contribution in [2.24, 2.45) is 5.41 Å². The molecule has 1 aliphatic heterocycles. The number of fused-ring (bicyclic) bond motifs is 1. The van der Waals surface area contributed by atoms with E-state index in [1.807, 2.05) is 18.2 Å². The Morgan fingerprint density at radius 3 is 2.80 bits per heavy atom. The Labute approximate surface area is 121 Å². The number of para-hydroxylation sites is 1. The molecule has 0 radical (unpaired) electrons. The van der Waals surface area contributed by atoms with Crippen molar-refractivity contribution >= 4 is 11.6 Å². The maximum Gasteiger partial charge on any atom is 0.242 e. The van der Waals surface area contributed by atoms with E-state index in [9.17, 15) is 4.79 Å². The van der Waals surface area contributed by atoms with Crippen LogP contribution in [0.5, 0.6) is 0 Å². The Hall–Kier alpha value is -1.51. The molecular formula is C17H24N2O. The van der Waals surface area contributed by atoms with Crippen LogP contribution < -0.4 is 10.6 Å². The van der Waals surface area contributed by atoms with Crippen molar-refractivity contribution in [1.82, 2.24) is 5.32 Å². The van der Waals surface area contributed by atoms with Crippen LogP contribution >= 0.6 is 0 Å². The molecule has 0 aromatic heterocycles. The number of carbonyl (C=O) groups excluding carboxylic acids is 1. The molecule has 1 aromatic rings. The normalized spacial score (nSPS) is 23.1. The molecule has 0 spiro atoms. The first-order valence-corrected chi connectivity index (χ1v) is 7.85. The van der Waals surface area contributed by atoms with E-state index < -0.39 is 0 Å². The number of hydrogen-bond acceptors (Lipinski definition) is 2. The van der Waals surface area contributed by atoms with E-state index in [2.05, 4.69) is 23.6 Å². The van der Waals surface area contributed by atoms with Gasteiger partial charge in [-0.1, -0.05) is 38.0 Å². The van der Waals surface area contributed by atoms with Crippen molar-refractivity contribution in [2.75, 3.05) is 11.9 Å². The topological polar surface area (TPSA) is 41.1 Å². The lowest BCUT2D eigenvalue weighted by Crippen LogP contribution is -2.43. The molecule has 3 heteroatoms. The first kappa shape index (κ1) is 13.5. The molecule has 1 heterocycles. The smallest absolute Gasteiger partial charge is 0.242 e. The van der Waals surface area contributed by atoms with Gasteiger partial charge in [0.15, 0.2) is 0 Å². The van der Waals surface area contributed by atoms with Gasteiger partial charge in [-0.15, -0.1) is 0 Å². The summed E-state index contributed by atoms with van der Waals surface area (Å²) >= 11 is 0. The van der Waals surface area contributed by atoms with Gasteiger partial charge in [-0.3, -0.25) is 4.79 Å². The third-order valence-corrected chi connectivity index (χ3v) is 5.14. The molecule has 1 fully saturated rings. The van der Waals surface area contributed by atoms with Gasteiger partial charge < -0.3 is 10.6 Å². The maximum atomic E-state index is 12.4. The SMILES string of the molecule is CCC1(CNC(=O)[C@@H]2Cc3ccccc3N2)CCCC1. The fourth-order valence-corrected chi connectivity index (χ4v) is 3.63. The van der Waals surface area contributed by atoms with Crippen molar-refractivity contribution in [3.63, 3.8) is 0 Å². The Balaban J connectivity index is 1.56. The fraction of sp³-hybridized carbons (Fsp3) is 0.588. The summed E-state index contributed by atoms with van der Waals surface area (Å²) in [5.41, 5.74) is 2.72. The van der Waals surface area contributed by atoms with Gasteiger partial charge in [0.05, 0.1) is 0 Å². The lowest BCUT2D eigenvalue weighted by molar-refractivity contribution is -0.122. The molecule has 108 valence electrons. The number of hydrogen-bond donors (Lipinski definition) is 2. The van der Waals surface area contributed by atoms with Crippen molar-refractivity contribution in [2.45, 2.75) is 51.5 Å². The summed E-state index contributed by atoms with van der Waals surface area (Å²) in [6, 6.07) is 8.10. The third kappa shape index (κ3) is 2.54. The van der Waals surface area contributed by atoms with Crippen LogP contribution in [0, 0.1) is 5.41 Å². The predicted molar refractivity (Wildman–Crippen MR) is 81.8 cm³/mol. The minimum absolute atomic E-state index is 0.0947. The molecule has 1 aliphatic carbocycles. The van der Waals surface area contributed by atoms with Gasteiger partial charge in [0.25, 0.3) is 0 Å². The van der Waals surface area contributed by atoms with E-state index in [-0.39, 0.29) is 11.9 Å². The molecule has 3 rings (SSSR count). The van der Waals surface area contributed by atoms with Gasteiger partial charge in [0, 0.05) is 18.7 Å². The second kappa shape index (κ2) is 5.47. The summed E-state index contributed by atoms with van der Waals surface area (Å²) < 4.78 is 0. The van der Waals surface area contributed by atoms with Crippen molar-refractivity contribution in [3.05, 3.63) is 29.8 Å². The van der Waals surface area contributed by atoms with E-state index in [0.29, 0.717) is 5.41 Å². The van der Waals surface area contributed by atoms with E-state index in [1.54, 1.807) is 0 Å². The Kier molecular flexibility index (Phi) is 3.68.